The number of urea groups is 1. The summed E-state index contributed by atoms with van der Waals surface area (Å²) in [6.07, 6.45) is 1.37. The minimum absolute atomic E-state index is 0.105. The van der Waals surface area contributed by atoms with Crippen molar-refractivity contribution in [1.82, 2.24) is 16.0 Å². The quantitative estimate of drug-likeness (QED) is 0.511. The molecule has 0 aliphatic carbocycles. The molecule has 0 radical (unpaired) electrons. The molecule has 7 nitrogen and oxygen atoms in total. The Kier molecular flexibility index (Phi) is 9.16. The van der Waals surface area contributed by atoms with Crippen LogP contribution in [0.4, 0.5) is 4.79 Å². The number of nitrogens with one attached hydrogen (secondary N) is 3. The van der Waals surface area contributed by atoms with Gasteiger partial charge >= 0.3 is 12.0 Å². The second-order valence-corrected chi connectivity index (χ2v) is 5.55. The molecule has 0 aliphatic rings. The van der Waals surface area contributed by atoms with Gasteiger partial charge in [0.25, 0.3) is 0 Å². The zero-order chi connectivity index (χ0) is 16.4. The summed E-state index contributed by atoms with van der Waals surface area (Å²) in [7, 11) is 0. The average molecular weight is 301 g/mol. The van der Waals surface area contributed by atoms with Crippen molar-refractivity contribution in [2.24, 2.45) is 5.92 Å². The van der Waals surface area contributed by atoms with Gasteiger partial charge in [-0.1, -0.05) is 20.8 Å². The van der Waals surface area contributed by atoms with E-state index >= 15 is 0 Å². The van der Waals surface area contributed by atoms with Crippen molar-refractivity contribution >= 4 is 17.9 Å². The topological polar surface area (TPSA) is 108 Å². The van der Waals surface area contributed by atoms with Gasteiger partial charge in [0.1, 0.15) is 6.04 Å². The van der Waals surface area contributed by atoms with Crippen molar-refractivity contribution in [1.29, 1.82) is 0 Å². The van der Waals surface area contributed by atoms with E-state index in [2.05, 4.69) is 16.0 Å². The van der Waals surface area contributed by atoms with Crippen molar-refractivity contribution in [2.45, 2.75) is 59.0 Å². The summed E-state index contributed by atoms with van der Waals surface area (Å²) in [5, 5.41) is 16.7. The van der Waals surface area contributed by atoms with Crippen LogP contribution in [-0.2, 0) is 9.59 Å². The van der Waals surface area contributed by atoms with Gasteiger partial charge in [0, 0.05) is 19.0 Å². The Balaban J connectivity index is 4.03. The lowest BCUT2D eigenvalue weighted by molar-refractivity contribution is -0.139. The number of carbonyl (C=O) groups excluding carboxylic acids is 2. The Morgan fingerprint density at radius 1 is 1.10 bits per heavy atom. The number of carbonyl (C=O) groups is 3. The zero-order valence-electron chi connectivity index (χ0n) is 13.2. The van der Waals surface area contributed by atoms with Crippen LogP contribution in [0.25, 0.3) is 0 Å². The molecule has 0 aromatic rings. The summed E-state index contributed by atoms with van der Waals surface area (Å²) in [5.74, 6) is -1.04. The van der Waals surface area contributed by atoms with Gasteiger partial charge in [0.15, 0.2) is 0 Å². The van der Waals surface area contributed by atoms with Crippen LogP contribution in [0, 0.1) is 5.92 Å². The third-order valence-corrected chi connectivity index (χ3v) is 2.97. The van der Waals surface area contributed by atoms with Crippen LogP contribution in [0.1, 0.15) is 47.0 Å². The van der Waals surface area contributed by atoms with Gasteiger partial charge in [0.2, 0.25) is 5.91 Å². The Bertz CT molecular complexity index is 358. The minimum Gasteiger partial charge on any atom is -0.480 e. The third-order valence-electron chi connectivity index (χ3n) is 2.97. The van der Waals surface area contributed by atoms with Crippen molar-refractivity contribution < 1.29 is 19.5 Å². The van der Waals surface area contributed by atoms with E-state index in [9.17, 15) is 14.4 Å². The maximum absolute atomic E-state index is 11.6. The normalized spacial score (nSPS) is 13.4. The summed E-state index contributed by atoms with van der Waals surface area (Å²) in [5.41, 5.74) is 0. The van der Waals surface area contributed by atoms with E-state index in [-0.39, 0.29) is 30.8 Å². The monoisotopic (exact) mass is 301 g/mol. The molecule has 0 saturated carbocycles. The second kappa shape index (κ2) is 10.0. The predicted molar refractivity (Wildman–Crippen MR) is 79.9 cm³/mol. The van der Waals surface area contributed by atoms with Crippen LogP contribution in [0.2, 0.25) is 0 Å². The molecule has 122 valence electrons. The maximum Gasteiger partial charge on any atom is 0.326 e. The molecule has 0 aliphatic heterocycles. The lowest BCUT2D eigenvalue weighted by Crippen LogP contribution is -2.47. The van der Waals surface area contributed by atoms with Gasteiger partial charge in [0.05, 0.1) is 0 Å². The summed E-state index contributed by atoms with van der Waals surface area (Å²) >= 11 is 0. The first kappa shape index (κ1) is 19.2. The second-order valence-electron chi connectivity index (χ2n) is 5.55. The molecule has 4 N–H and O–H groups in total. The molecular weight excluding hydrogens is 274 g/mol. The van der Waals surface area contributed by atoms with E-state index in [1.807, 2.05) is 27.7 Å². The average Bonchev–Trinajstić information content (AvgIpc) is 2.36. The first-order valence-electron chi connectivity index (χ1n) is 7.32. The standard InChI is InChI=1S/C14H27N3O4/c1-5-10(4)16-12(18)6-7-15-14(21)17-11(13(19)20)8-9(2)3/h9-11H,5-8H2,1-4H3,(H,16,18)(H,19,20)(H2,15,17,21). The van der Waals surface area contributed by atoms with Crippen molar-refractivity contribution in [3.05, 3.63) is 0 Å². The lowest BCUT2D eigenvalue weighted by atomic mass is 10.0. The number of hydrogen-bond acceptors (Lipinski definition) is 3. The van der Waals surface area contributed by atoms with Gasteiger partial charge in [-0.25, -0.2) is 9.59 Å². The van der Waals surface area contributed by atoms with Gasteiger partial charge in [-0.3, -0.25) is 4.79 Å². The number of carboxylic acid groups (broad SMARTS) is 1. The molecule has 2 unspecified atom stereocenters. The molecule has 0 aromatic heterocycles. The summed E-state index contributed by atoms with van der Waals surface area (Å²) in [6, 6.07) is -1.38. The Labute approximate surface area is 125 Å². The van der Waals surface area contributed by atoms with Crippen LogP contribution in [0.5, 0.6) is 0 Å². The largest absolute Gasteiger partial charge is 0.480 e. The molecule has 0 saturated heterocycles. The number of aliphatic carboxylic acids is 1. The Hall–Kier alpha value is -1.79. The third kappa shape index (κ3) is 9.70. The van der Waals surface area contributed by atoms with Crippen molar-refractivity contribution in [3.63, 3.8) is 0 Å². The lowest BCUT2D eigenvalue weighted by Gasteiger charge is -2.17. The molecule has 0 fully saturated rings. The predicted octanol–water partition coefficient (Wildman–Crippen LogP) is 1.09. The van der Waals surface area contributed by atoms with Crippen molar-refractivity contribution in [2.75, 3.05) is 6.54 Å². The maximum atomic E-state index is 11.6. The number of amides is 3. The zero-order valence-corrected chi connectivity index (χ0v) is 13.2. The summed E-state index contributed by atoms with van der Waals surface area (Å²) in [4.78, 5) is 34.1. The van der Waals surface area contributed by atoms with Crippen LogP contribution < -0.4 is 16.0 Å². The van der Waals surface area contributed by atoms with Gasteiger partial charge in [-0.2, -0.15) is 0 Å². The van der Waals surface area contributed by atoms with Crippen LogP contribution in [-0.4, -0.2) is 41.6 Å². The number of rotatable bonds is 9. The summed E-state index contributed by atoms with van der Waals surface area (Å²) in [6.45, 7) is 7.81. The van der Waals surface area contributed by atoms with E-state index in [0.29, 0.717) is 6.42 Å². The van der Waals surface area contributed by atoms with E-state index in [1.54, 1.807) is 0 Å². The van der Waals surface area contributed by atoms with Crippen LogP contribution in [0.3, 0.4) is 0 Å². The Morgan fingerprint density at radius 3 is 2.19 bits per heavy atom. The highest BCUT2D eigenvalue weighted by Gasteiger charge is 2.20. The minimum atomic E-state index is -1.06. The molecule has 0 heterocycles. The molecule has 21 heavy (non-hydrogen) atoms. The molecule has 2 atom stereocenters. The SMILES string of the molecule is CCC(C)NC(=O)CCNC(=O)NC(CC(C)C)C(=O)O. The highest BCUT2D eigenvalue weighted by Crippen LogP contribution is 2.04. The summed E-state index contributed by atoms with van der Waals surface area (Å²) < 4.78 is 0. The number of hydrogen-bond donors (Lipinski definition) is 4. The van der Waals surface area contributed by atoms with Gasteiger partial charge < -0.3 is 21.1 Å². The molecule has 0 spiro atoms. The van der Waals surface area contributed by atoms with E-state index in [0.717, 1.165) is 6.42 Å². The van der Waals surface area contributed by atoms with Crippen molar-refractivity contribution in [3.8, 4) is 0 Å². The molecular formula is C14H27N3O4. The van der Waals surface area contributed by atoms with Gasteiger partial charge in [-0.05, 0) is 25.7 Å². The smallest absolute Gasteiger partial charge is 0.326 e. The fraction of sp³-hybridized carbons (Fsp3) is 0.786. The van der Waals surface area contributed by atoms with Crippen LogP contribution >= 0.6 is 0 Å². The molecule has 0 aromatic carbocycles. The highest BCUT2D eigenvalue weighted by atomic mass is 16.4. The first-order chi connectivity index (χ1) is 9.76. The molecule has 7 heteroatoms. The van der Waals surface area contributed by atoms with Crippen LogP contribution in [0.15, 0.2) is 0 Å². The highest BCUT2D eigenvalue weighted by molar-refractivity contribution is 5.83. The molecule has 0 bridgehead atoms. The first-order valence-corrected chi connectivity index (χ1v) is 7.32. The van der Waals surface area contributed by atoms with E-state index < -0.39 is 18.0 Å². The van der Waals surface area contributed by atoms with E-state index in [4.69, 9.17) is 5.11 Å². The fourth-order valence-corrected chi connectivity index (χ4v) is 1.64. The molecule has 0 rings (SSSR count). The van der Waals surface area contributed by atoms with E-state index in [1.165, 1.54) is 0 Å². The Morgan fingerprint density at radius 2 is 1.71 bits per heavy atom. The molecule has 3 amide bonds. The number of carboxylic acids is 1. The fourth-order valence-electron chi connectivity index (χ4n) is 1.64. The van der Waals surface area contributed by atoms with Gasteiger partial charge in [-0.15, -0.1) is 0 Å².